The van der Waals surface area contributed by atoms with E-state index in [1.807, 2.05) is 0 Å². The molecule has 0 aromatic rings. The Balaban J connectivity index is 2.31. The van der Waals surface area contributed by atoms with E-state index in [4.69, 9.17) is 0 Å². The molecule has 1 fully saturated rings. The summed E-state index contributed by atoms with van der Waals surface area (Å²) in [5, 5.41) is 3.63. The van der Waals surface area contributed by atoms with Crippen molar-refractivity contribution < 1.29 is 0 Å². The molecule has 2 nitrogen and oxygen atoms in total. The molecule has 0 aliphatic carbocycles. The first-order chi connectivity index (χ1) is 6.39. The molecule has 84 valence electrons. The summed E-state index contributed by atoms with van der Waals surface area (Å²) in [4.78, 5) is 2.59. The van der Waals surface area contributed by atoms with Gasteiger partial charge in [0.2, 0.25) is 0 Å². The van der Waals surface area contributed by atoms with Gasteiger partial charge in [0.1, 0.15) is 0 Å². The molecule has 0 spiro atoms. The molecule has 1 aliphatic heterocycles. The Morgan fingerprint density at radius 3 is 2.00 bits per heavy atom. The van der Waals surface area contributed by atoms with Crippen molar-refractivity contribution in [3.8, 4) is 0 Å². The first-order valence-corrected chi connectivity index (χ1v) is 5.90. The van der Waals surface area contributed by atoms with E-state index in [-0.39, 0.29) is 0 Å². The highest BCUT2D eigenvalue weighted by Gasteiger charge is 2.26. The van der Waals surface area contributed by atoms with Crippen LogP contribution < -0.4 is 5.32 Å². The second kappa shape index (κ2) is 4.63. The van der Waals surface area contributed by atoms with Crippen LogP contribution in [0.1, 0.15) is 47.5 Å². The SMILES string of the molecule is CC(C)NC1CCN(C(C)(C)C)CC1. The molecule has 1 N–H and O–H groups in total. The fraction of sp³-hybridized carbons (Fsp3) is 1.00. The van der Waals surface area contributed by atoms with E-state index in [1.165, 1.54) is 25.9 Å². The second-order valence-corrected chi connectivity index (χ2v) is 5.75. The largest absolute Gasteiger partial charge is 0.312 e. The van der Waals surface area contributed by atoms with E-state index < -0.39 is 0 Å². The first kappa shape index (κ1) is 12.0. The van der Waals surface area contributed by atoms with Crippen molar-refractivity contribution in [1.29, 1.82) is 0 Å². The van der Waals surface area contributed by atoms with E-state index in [9.17, 15) is 0 Å². The molecule has 1 heterocycles. The van der Waals surface area contributed by atoms with Gasteiger partial charge in [0.25, 0.3) is 0 Å². The van der Waals surface area contributed by atoms with Crippen LogP contribution in [-0.4, -0.2) is 35.6 Å². The minimum Gasteiger partial charge on any atom is -0.312 e. The number of nitrogens with zero attached hydrogens (tertiary/aromatic N) is 1. The number of piperidine rings is 1. The topological polar surface area (TPSA) is 15.3 Å². The van der Waals surface area contributed by atoms with Gasteiger partial charge < -0.3 is 5.32 Å². The van der Waals surface area contributed by atoms with Gasteiger partial charge in [-0.1, -0.05) is 13.8 Å². The Labute approximate surface area is 89.1 Å². The maximum Gasteiger partial charge on any atom is 0.0125 e. The zero-order valence-corrected chi connectivity index (χ0v) is 10.4. The van der Waals surface area contributed by atoms with Gasteiger partial charge >= 0.3 is 0 Å². The standard InChI is InChI=1S/C12H26N2/c1-10(2)13-11-6-8-14(9-7-11)12(3,4)5/h10-11,13H,6-9H2,1-5H3. The quantitative estimate of drug-likeness (QED) is 0.732. The number of likely N-dealkylation sites (tertiary alicyclic amines) is 1. The van der Waals surface area contributed by atoms with E-state index in [0.717, 1.165) is 6.04 Å². The fourth-order valence-corrected chi connectivity index (χ4v) is 2.19. The van der Waals surface area contributed by atoms with Gasteiger partial charge in [-0.05, 0) is 33.6 Å². The lowest BCUT2D eigenvalue weighted by Crippen LogP contribution is -2.50. The van der Waals surface area contributed by atoms with Gasteiger partial charge in [-0.15, -0.1) is 0 Å². The van der Waals surface area contributed by atoms with Crippen molar-refractivity contribution in [3.05, 3.63) is 0 Å². The van der Waals surface area contributed by atoms with Gasteiger partial charge in [-0.2, -0.15) is 0 Å². The van der Waals surface area contributed by atoms with Crippen molar-refractivity contribution in [1.82, 2.24) is 10.2 Å². The highest BCUT2D eigenvalue weighted by molar-refractivity contribution is 4.84. The normalized spacial score (nSPS) is 21.9. The van der Waals surface area contributed by atoms with Gasteiger partial charge in [-0.25, -0.2) is 0 Å². The smallest absolute Gasteiger partial charge is 0.0125 e. The zero-order valence-electron chi connectivity index (χ0n) is 10.4. The Hall–Kier alpha value is -0.0800. The molecule has 0 radical (unpaired) electrons. The molecule has 0 saturated carbocycles. The lowest BCUT2D eigenvalue weighted by Gasteiger charge is -2.41. The third kappa shape index (κ3) is 3.58. The summed E-state index contributed by atoms with van der Waals surface area (Å²) in [6, 6.07) is 1.37. The zero-order chi connectivity index (χ0) is 10.8. The molecule has 0 aromatic heterocycles. The van der Waals surface area contributed by atoms with E-state index in [2.05, 4.69) is 44.8 Å². The maximum absolute atomic E-state index is 3.63. The summed E-state index contributed by atoms with van der Waals surface area (Å²) in [7, 11) is 0. The van der Waals surface area contributed by atoms with Crippen LogP contribution in [-0.2, 0) is 0 Å². The third-order valence-electron chi connectivity index (χ3n) is 3.01. The molecule has 2 heteroatoms. The van der Waals surface area contributed by atoms with Crippen LogP contribution in [0.2, 0.25) is 0 Å². The van der Waals surface area contributed by atoms with Crippen LogP contribution in [0.3, 0.4) is 0 Å². The highest BCUT2D eigenvalue weighted by atomic mass is 15.2. The minimum atomic E-state index is 0.350. The van der Waals surface area contributed by atoms with E-state index in [0.29, 0.717) is 11.6 Å². The molecule has 14 heavy (non-hydrogen) atoms. The number of nitrogens with one attached hydrogen (secondary N) is 1. The summed E-state index contributed by atoms with van der Waals surface area (Å²) in [6.45, 7) is 13.9. The monoisotopic (exact) mass is 198 g/mol. The number of rotatable bonds is 2. The predicted octanol–water partition coefficient (Wildman–Crippen LogP) is 2.25. The molecular weight excluding hydrogens is 172 g/mol. The summed E-state index contributed by atoms with van der Waals surface area (Å²) < 4.78 is 0. The number of hydrogen-bond acceptors (Lipinski definition) is 2. The van der Waals surface area contributed by atoms with Gasteiger partial charge in [-0.3, -0.25) is 4.90 Å². The lowest BCUT2D eigenvalue weighted by atomic mass is 9.98. The minimum absolute atomic E-state index is 0.350. The van der Waals surface area contributed by atoms with Crippen LogP contribution in [0, 0.1) is 0 Å². The predicted molar refractivity (Wildman–Crippen MR) is 62.6 cm³/mol. The molecule has 0 atom stereocenters. The van der Waals surface area contributed by atoms with Crippen molar-refractivity contribution in [2.24, 2.45) is 0 Å². The van der Waals surface area contributed by atoms with Gasteiger partial charge in [0.05, 0.1) is 0 Å². The van der Waals surface area contributed by atoms with Crippen LogP contribution in [0.5, 0.6) is 0 Å². The average molecular weight is 198 g/mol. The Morgan fingerprint density at radius 2 is 1.64 bits per heavy atom. The average Bonchev–Trinajstić information content (AvgIpc) is 2.02. The van der Waals surface area contributed by atoms with E-state index in [1.54, 1.807) is 0 Å². The van der Waals surface area contributed by atoms with Crippen molar-refractivity contribution in [3.63, 3.8) is 0 Å². The van der Waals surface area contributed by atoms with Crippen molar-refractivity contribution in [2.75, 3.05) is 13.1 Å². The van der Waals surface area contributed by atoms with Crippen LogP contribution >= 0.6 is 0 Å². The fourth-order valence-electron chi connectivity index (χ4n) is 2.19. The molecule has 1 saturated heterocycles. The Kier molecular flexibility index (Phi) is 3.96. The first-order valence-electron chi connectivity index (χ1n) is 5.90. The van der Waals surface area contributed by atoms with Gasteiger partial charge in [0, 0.05) is 30.7 Å². The molecule has 1 rings (SSSR count). The highest BCUT2D eigenvalue weighted by Crippen LogP contribution is 2.20. The summed E-state index contributed by atoms with van der Waals surface area (Å²) in [6.07, 6.45) is 2.60. The van der Waals surface area contributed by atoms with Crippen LogP contribution in [0.15, 0.2) is 0 Å². The second-order valence-electron chi connectivity index (χ2n) is 5.75. The molecular formula is C12H26N2. The Morgan fingerprint density at radius 1 is 1.14 bits per heavy atom. The summed E-state index contributed by atoms with van der Waals surface area (Å²) >= 11 is 0. The molecule has 1 aliphatic rings. The maximum atomic E-state index is 3.63. The lowest BCUT2D eigenvalue weighted by molar-refractivity contribution is 0.0947. The van der Waals surface area contributed by atoms with Crippen molar-refractivity contribution >= 4 is 0 Å². The van der Waals surface area contributed by atoms with Gasteiger partial charge in [0.15, 0.2) is 0 Å². The summed E-state index contributed by atoms with van der Waals surface area (Å²) in [5.74, 6) is 0. The Bertz CT molecular complexity index is 162. The molecule has 0 bridgehead atoms. The number of hydrogen-bond donors (Lipinski definition) is 1. The van der Waals surface area contributed by atoms with Crippen LogP contribution in [0.25, 0.3) is 0 Å². The van der Waals surface area contributed by atoms with Crippen LogP contribution in [0.4, 0.5) is 0 Å². The molecule has 0 amide bonds. The van der Waals surface area contributed by atoms with Crippen molar-refractivity contribution in [2.45, 2.75) is 65.1 Å². The third-order valence-corrected chi connectivity index (χ3v) is 3.01. The summed E-state index contributed by atoms with van der Waals surface area (Å²) in [5.41, 5.74) is 0.350. The molecule has 0 aromatic carbocycles. The van der Waals surface area contributed by atoms with E-state index >= 15 is 0 Å². The molecule has 0 unspecified atom stereocenters.